The van der Waals surface area contributed by atoms with E-state index in [0.717, 1.165) is 5.69 Å². The number of hydrogen-bond acceptors (Lipinski definition) is 7. The minimum absolute atomic E-state index is 0.177. The summed E-state index contributed by atoms with van der Waals surface area (Å²) >= 11 is 6.68. The van der Waals surface area contributed by atoms with Crippen molar-refractivity contribution in [1.29, 1.82) is 0 Å². The van der Waals surface area contributed by atoms with Gasteiger partial charge >= 0.3 is 0 Å². The standard InChI is InChI=1S/C26H26FN5O2S2/c1-17(2)16-32-25(34)21(36-26(32)35)15-20-23(28-22-5-3-4-10-31(22)24(20)33)30-13-11-29(12-14-30)19-8-6-18(27)7-9-19/h3-10,15,17H,11-14,16H2,1-2H3. The van der Waals surface area contributed by atoms with E-state index in [1.807, 2.05) is 19.9 Å². The second-order valence-corrected chi connectivity index (χ2v) is 10.9. The molecule has 0 aliphatic carbocycles. The van der Waals surface area contributed by atoms with Crippen molar-refractivity contribution >= 4 is 57.4 Å². The Labute approximate surface area is 218 Å². The molecule has 2 fully saturated rings. The summed E-state index contributed by atoms with van der Waals surface area (Å²) < 4.78 is 15.3. The minimum atomic E-state index is -0.262. The number of carbonyl (C=O) groups is 1. The SMILES string of the molecule is CC(C)CN1C(=O)C(=Cc2c(N3CCN(c4ccc(F)cc4)CC3)nc3ccccn3c2=O)SC1=S. The number of benzene rings is 1. The molecule has 1 amide bonds. The lowest BCUT2D eigenvalue weighted by atomic mass is 10.2. The molecule has 7 nitrogen and oxygen atoms in total. The Balaban J connectivity index is 1.50. The van der Waals surface area contributed by atoms with E-state index in [2.05, 4.69) is 9.80 Å². The average Bonchev–Trinajstić information content (AvgIpc) is 3.13. The van der Waals surface area contributed by atoms with E-state index in [1.54, 1.807) is 41.4 Å². The third-order valence-corrected chi connectivity index (χ3v) is 7.59. The first-order chi connectivity index (χ1) is 17.3. The number of hydrogen-bond donors (Lipinski definition) is 0. The first-order valence-electron chi connectivity index (χ1n) is 11.8. The fourth-order valence-electron chi connectivity index (χ4n) is 4.44. The van der Waals surface area contributed by atoms with Crippen molar-refractivity contribution in [2.24, 2.45) is 5.92 Å². The molecule has 3 aromatic rings. The third-order valence-electron chi connectivity index (χ3n) is 6.22. The molecule has 1 aromatic carbocycles. The van der Waals surface area contributed by atoms with E-state index in [4.69, 9.17) is 17.2 Å². The van der Waals surface area contributed by atoms with Crippen LogP contribution in [0.15, 0.2) is 58.4 Å². The van der Waals surface area contributed by atoms with Gasteiger partial charge in [0.05, 0.1) is 10.5 Å². The molecule has 0 radical (unpaired) electrons. The van der Waals surface area contributed by atoms with Gasteiger partial charge in [0.25, 0.3) is 11.5 Å². The largest absolute Gasteiger partial charge is 0.368 e. The quantitative estimate of drug-likeness (QED) is 0.370. The number of rotatable bonds is 5. The zero-order valence-corrected chi connectivity index (χ0v) is 21.7. The van der Waals surface area contributed by atoms with Gasteiger partial charge in [-0.1, -0.05) is 43.9 Å². The zero-order valence-electron chi connectivity index (χ0n) is 20.1. The van der Waals surface area contributed by atoms with Gasteiger partial charge in [0, 0.05) is 44.6 Å². The molecule has 0 unspecified atom stereocenters. The van der Waals surface area contributed by atoms with Gasteiger partial charge in [0.2, 0.25) is 0 Å². The number of aromatic nitrogens is 2. The molecule has 0 saturated carbocycles. The van der Waals surface area contributed by atoms with Crippen LogP contribution in [0.1, 0.15) is 19.4 Å². The first-order valence-corrected chi connectivity index (χ1v) is 13.1. The van der Waals surface area contributed by atoms with Crippen LogP contribution in [0.3, 0.4) is 0 Å². The van der Waals surface area contributed by atoms with Crippen molar-refractivity contribution in [1.82, 2.24) is 14.3 Å². The number of halogens is 1. The number of carbonyl (C=O) groups excluding carboxylic acids is 1. The molecule has 10 heteroatoms. The van der Waals surface area contributed by atoms with Crippen molar-refractivity contribution in [3.05, 3.63) is 75.3 Å². The Morgan fingerprint density at radius 2 is 1.75 bits per heavy atom. The van der Waals surface area contributed by atoms with Crippen LogP contribution in [0.25, 0.3) is 11.7 Å². The number of thiocarbonyl (C=S) groups is 1. The van der Waals surface area contributed by atoms with Gasteiger partial charge in [-0.25, -0.2) is 9.37 Å². The van der Waals surface area contributed by atoms with Crippen LogP contribution in [0.5, 0.6) is 0 Å². The van der Waals surface area contributed by atoms with Crippen molar-refractivity contribution in [3.8, 4) is 0 Å². The van der Waals surface area contributed by atoms with Gasteiger partial charge in [0.15, 0.2) is 0 Å². The highest BCUT2D eigenvalue weighted by Gasteiger charge is 2.33. The van der Waals surface area contributed by atoms with Gasteiger partial charge in [-0.3, -0.25) is 18.9 Å². The van der Waals surface area contributed by atoms with Crippen LogP contribution in [-0.2, 0) is 4.79 Å². The Hall–Kier alpha value is -3.24. The number of nitrogens with zero attached hydrogens (tertiary/aromatic N) is 5. The van der Waals surface area contributed by atoms with Crippen LogP contribution >= 0.6 is 24.0 Å². The Morgan fingerprint density at radius 1 is 1.06 bits per heavy atom. The summed E-state index contributed by atoms with van der Waals surface area (Å²) in [7, 11) is 0. The van der Waals surface area contributed by atoms with Crippen LogP contribution in [-0.4, -0.2) is 57.2 Å². The average molecular weight is 524 g/mol. The number of pyridine rings is 1. The summed E-state index contributed by atoms with van der Waals surface area (Å²) in [6.45, 7) is 7.24. The number of thioether (sulfide) groups is 1. The maximum atomic E-state index is 13.6. The molecule has 0 N–H and O–H groups in total. The van der Waals surface area contributed by atoms with Crippen molar-refractivity contribution in [2.75, 3.05) is 42.5 Å². The lowest BCUT2D eigenvalue weighted by Gasteiger charge is -2.37. The molecule has 2 aromatic heterocycles. The topological polar surface area (TPSA) is 61.2 Å². The zero-order chi connectivity index (χ0) is 25.4. The molecular formula is C26H26FN5O2S2. The second kappa shape index (κ2) is 10.0. The van der Waals surface area contributed by atoms with E-state index in [0.29, 0.717) is 59.0 Å². The number of fused-ring (bicyclic) bond motifs is 1. The van der Waals surface area contributed by atoms with Crippen molar-refractivity contribution in [3.63, 3.8) is 0 Å². The number of piperazine rings is 1. The van der Waals surface area contributed by atoms with Crippen LogP contribution in [0.4, 0.5) is 15.9 Å². The fraction of sp³-hybridized carbons (Fsp3) is 0.308. The predicted octanol–water partition coefficient (Wildman–Crippen LogP) is 4.02. The van der Waals surface area contributed by atoms with E-state index in [-0.39, 0.29) is 23.2 Å². The summed E-state index contributed by atoms with van der Waals surface area (Å²) in [4.78, 5) is 37.8. The summed E-state index contributed by atoms with van der Waals surface area (Å²) in [5, 5.41) is 0. The molecule has 0 atom stereocenters. The van der Waals surface area contributed by atoms with Gasteiger partial charge in [-0.15, -0.1) is 0 Å². The number of amides is 1. The normalized spacial score (nSPS) is 17.8. The maximum Gasteiger partial charge on any atom is 0.267 e. The molecule has 0 spiro atoms. The van der Waals surface area contributed by atoms with Crippen LogP contribution < -0.4 is 15.4 Å². The first kappa shape index (κ1) is 24.5. The lowest BCUT2D eigenvalue weighted by molar-refractivity contribution is -0.122. The van der Waals surface area contributed by atoms with Gasteiger partial charge in [-0.05, 0) is 48.4 Å². The van der Waals surface area contributed by atoms with Gasteiger partial charge in [-0.2, -0.15) is 0 Å². The van der Waals surface area contributed by atoms with E-state index >= 15 is 0 Å². The molecule has 186 valence electrons. The molecule has 4 heterocycles. The molecular weight excluding hydrogens is 497 g/mol. The summed E-state index contributed by atoms with van der Waals surface area (Å²) in [6, 6.07) is 11.9. The molecule has 5 rings (SSSR count). The second-order valence-electron chi connectivity index (χ2n) is 9.22. The Morgan fingerprint density at radius 3 is 2.44 bits per heavy atom. The molecule has 0 bridgehead atoms. The molecule has 2 saturated heterocycles. The Bertz CT molecular complexity index is 1410. The van der Waals surface area contributed by atoms with E-state index < -0.39 is 0 Å². The van der Waals surface area contributed by atoms with Crippen LogP contribution in [0, 0.1) is 11.7 Å². The highest BCUT2D eigenvalue weighted by Crippen LogP contribution is 2.34. The monoisotopic (exact) mass is 523 g/mol. The smallest absolute Gasteiger partial charge is 0.267 e. The minimum Gasteiger partial charge on any atom is -0.368 e. The van der Waals surface area contributed by atoms with Crippen LogP contribution in [0.2, 0.25) is 0 Å². The number of anilines is 2. The molecule has 2 aliphatic rings. The maximum absolute atomic E-state index is 13.6. The lowest BCUT2D eigenvalue weighted by Crippen LogP contribution is -2.47. The Kier molecular flexibility index (Phi) is 6.81. The van der Waals surface area contributed by atoms with Gasteiger partial charge in [0.1, 0.15) is 21.6 Å². The van der Waals surface area contributed by atoms with Crippen molar-refractivity contribution in [2.45, 2.75) is 13.8 Å². The van der Waals surface area contributed by atoms with Gasteiger partial charge < -0.3 is 9.80 Å². The summed E-state index contributed by atoms with van der Waals surface area (Å²) in [5.74, 6) is 0.386. The molecule has 36 heavy (non-hydrogen) atoms. The fourth-order valence-corrected chi connectivity index (χ4v) is 5.70. The summed E-state index contributed by atoms with van der Waals surface area (Å²) in [5.41, 5.74) is 1.64. The highest BCUT2D eigenvalue weighted by molar-refractivity contribution is 8.26. The third kappa shape index (κ3) is 4.75. The molecule has 2 aliphatic heterocycles. The van der Waals surface area contributed by atoms with E-state index in [1.165, 1.54) is 28.3 Å². The van der Waals surface area contributed by atoms with Crippen molar-refractivity contribution < 1.29 is 9.18 Å². The summed E-state index contributed by atoms with van der Waals surface area (Å²) in [6.07, 6.45) is 3.33. The highest BCUT2D eigenvalue weighted by atomic mass is 32.2. The predicted molar refractivity (Wildman–Crippen MR) is 147 cm³/mol. The van der Waals surface area contributed by atoms with E-state index in [9.17, 15) is 14.0 Å².